The number of aromatic nitrogens is 2. The highest BCUT2D eigenvalue weighted by Gasteiger charge is 2.35. The maximum atomic E-state index is 12.9. The molecule has 1 N–H and O–H groups in total. The highest BCUT2D eigenvalue weighted by molar-refractivity contribution is 5.88. The van der Waals surface area contributed by atoms with E-state index in [1.165, 1.54) is 38.5 Å². The number of hydrogen-bond acceptors (Lipinski definition) is 3. The molecular weight excluding hydrogens is 273 g/mol. The van der Waals surface area contributed by atoms with Crippen LogP contribution in [0.5, 0.6) is 5.75 Å². The number of aromatic amines is 1. The van der Waals surface area contributed by atoms with Crippen molar-refractivity contribution in [3.63, 3.8) is 0 Å². The Morgan fingerprint density at radius 3 is 2.55 bits per heavy atom. The second-order valence-electron chi connectivity index (χ2n) is 4.23. The van der Waals surface area contributed by atoms with Gasteiger partial charge in [-0.05, 0) is 25.5 Å². The molecule has 0 amide bonds. The van der Waals surface area contributed by atoms with Gasteiger partial charge in [-0.2, -0.15) is 13.2 Å². The van der Waals surface area contributed by atoms with Crippen molar-refractivity contribution < 1.29 is 22.7 Å². The molecule has 0 bridgehead atoms. The van der Waals surface area contributed by atoms with Crippen LogP contribution < -0.4 is 4.74 Å². The zero-order chi connectivity index (χ0) is 14.9. The van der Waals surface area contributed by atoms with Crippen molar-refractivity contribution in [1.29, 1.82) is 0 Å². The molecule has 0 saturated heterocycles. The number of hydrogen-bond donors (Lipinski definition) is 1. The van der Waals surface area contributed by atoms with E-state index in [4.69, 9.17) is 4.74 Å². The smallest absolute Gasteiger partial charge is 0.417 e. The van der Waals surface area contributed by atoms with Crippen LogP contribution in [0.1, 0.15) is 27.2 Å². The van der Waals surface area contributed by atoms with Gasteiger partial charge in [0.2, 0.25) is 0 Å². The third kappa shape index (κ3) is 2.66. The molecule has 4 nitrogen and oxygen atoms in total. The van der Waals surface area contributed by atoms with Crippen molar-refractivity contribution in [3.05, 3.63) is 47.0 Å². The highest BCUT2D eigenvalue weighted by Crippen LogP contribution is 2.38. The minimum Gasteiger partial charge on any atom is -0.422 e. The van der Waals surface area contributed by atoms with Crippen LogP contribution in [0.4, 0.5) is 13.2 Å². The van der Waals surface area contributed by atoms with E-state index in [1.807, 2.05) is 0 Å². The molecule has 1 aromatic heterocycles. The minimum atomic E-state index is -4.50. The van der Waals surface area contributed by atoms with Crippen molar-refractivity contribution in [2.24, 2.45) is 0 Å². The maximum Gasteiger partial charge on any atom is 0.417 e. The van der Waals surface area contributed by atoms with Crippen LogP contribution in [-0.2, 0) is 6.18 Å². The van der Waals surface area contributed by atoms with Crippen molar-refractivity contribution in [3.8, 4) is 5.75 Å². The molecule has 1 aromatic carbocycles. The number of nitrogens with zero attached hydrogens (tertiary/aromatic N) is 1. The molecule has 2 aromatic rings. The molecule has 1 heterocycles. The van der Waals surface area contributed by atoms with Crippen molar-refractivity contribution in [1.82, 2.24) is 9.97 Å². The molecule has 0 saturated carbocycles. The maximum absolute atomic E-state index is 12.9. The molecule has 2 rings (SSSR count). The van der Waals surface area contributed by atoms with Gasteiger partial charge in [-0.3, -0.25) is 0 Å². The Bertz CT molecular complexity index is 634. The van der Waals surface area contributed by atoms with Gasteiger partial charge >= 0.3 is 12.1 Å². The van der Waals surface area contributed by atoms with Crippen LogP contribution in [-0.4, -0.2) is 15.9 Å². The topological polar surface area (TPSA) is 55.0 Å². The number of carbonyl (C=O) groups is 1. The fourth-order valence-electron chi connectivity index (χ4n) is 1.90. The molecule has 7 heteroatoms. The van der Waals surface area contributed by atoms with E-state index >= 15 is 0 Å². The van der Waals surface area contributed by atoms with Crippen molar-refractivity contribution in [2.45, 2.75) is 20.0 Å². The van der Waals surface area contributed by atoms with Gasteiger partial charge in [-0.1, -0.05) is 6.07 Å². The predicted octanol–water partition coefficient (Wildman–Crippen LogP) is 3.26. The molecule has 0 fully saturated rings. The van der Waals surface area contributed by atoms with Crippen LogP contribution in [0, 0.1) is 13.8 Å². The van der Waals surface area contributed by atoms with Gasteiger partial charge in [0, 0.05) is 5.56 Å². The molecule has 0 atom stereocenters. The summed E-state index contributed by atoms with van der Waals surface area (Å²) in [4.78, 5) is 17.9. The summed E-state index contributed by atoms with van der Waals surface area (Å²) < 4.78 is 43.8. The first kappa shape index (κ1) is 14.1. The van der Waals surface area contributed by atoms with Gasteiger partial charge < -0.3 is 9.72 Å². The SMILES string of the molecule is Cc1ccc(OC(=O)c2cnc[nH]2)c(C)c1C(F)(F)F. The van der Waals surface area contributed by atoms with Gasteiger partial charge in [0.25, 0.3) is 0 Å². The number of imidazole rings is 1. The molecule has 0 aliphatic rings. The van der Waals surface area contributed by atoms with Crippen molar-refractivity contribution in [2.75, 3.05) is 0 Å². The molecule has 0 unspecified atom stereocenters. The minimum absolute atomic E-state index is 0.0681. The lowest BCUT2D eigenvalue weighted by molar-refractivity contribution is -0.138. The highest BCUT2D eigenvalue weighted by atomic mass is 19.4. The summed E-state index contributed by atoms with van der Waals surface area (Å²) in [6.07, 6.45) is -1.99. The van der Waals surface area contributed by atoms with E-state index in [9.17, 15) is 18.0 Å². The van der Waals surface area contributed by atoms with E-state index < -0.39 is 17.7 Å². The monoisotopic (exact) mass is 284 g/mol. The van der Waals surface area contributed by atoms with Crippen LogP contribution >= 0.6 is 0 Å². The summed E-state index contributed by atoms with van der Waals surface area (Å²) in [5.74, 6) is -0.912. The van der Waals surface area contributed by atoms with Crippen molar-refractivity contribution >= 4 is 5.97 Å². The number of halogens is 3. The Labute approximate surface area is 112 Å². The third-order valence-corrected chi connectivity index (χ3v) is 2.83. The second kappa shape index (κ2) is 4.99. The number of aryl methyl sites for hydroxylation is 1. The number of carbonyl (C=O) groups excluding carboxylic acids is 1. The lowest BCUT2D eigenvalue weighted by atomic mass is 10.0. The van der Waals surface area contributed by atoms with E-state index in [1.54, 1.807) is 0 Å². The quantitative estimate of drug-likeness (QED) is 0.680. The third-order valence-electron chi connectivity index (χ3n) is 2.83. The second-order valence-corrected chi connectivity index (χ2v) is 4.23. The van der Waals surface area contributed by atoms with E-state index in [-0.39, 0.29) is 22.6 Å². The number of rotatable bonds is 2. The molecule has 0 aliphatic heterocycles. The first-order valence-corrected chi connectivity index (χ1v) is 5.68. The lowest BCUT2D eigenvalue weighted by Gasteiger charge is -2.16. The van der Waals surface area contributed by atoms with E-state index in [0.717, 1.165) is 0 Å². The molecule has 0 spiro atoms. The molecule has 20 heavy (non-hydrogen) atoms. The first-order valence-electron chi connectivity index (χ1n) is 5.68. The molecule has 106 valence electrons. The number of alkyl halides is 3. The van der Waals surface area contributed by atoms with E-state index in [0.29, 0.717) is 0 Å². The standard InChI is InChI=1S/C13H11F3N2O2/c1-7-3-4-10(8(2)11(7)13(14,15)16)20-12(19)9-5-17-6-18-9/h3-6H,1-2H3,(H,17,18). The summed E-state index contributed by atoms with van der Waals surface area (Å²) in [6.45, 7) is 2.63. The van der Waals surface area contributed by atoms with Crippen LogP contribution in [0.3, 0.4) is 0 Å². The summed E-state index contributed by atoms with van der Waals surface area (Å²) >= 11 is 0. The summed E-state index contributed by atoms with van der Waals surface area (Å²) in [7, 11) is 0. The number of benzene rings is 1. The Morgan fingerprint density at radius 1 is 1.30 bits per heavy atom. The predicted molar refractivity (Wildman–Crippen MR) is 64.5 cm³/mol. The van der Waals surface area contributed by atoms with Gasteiger partial charge in [-0.15, -0.1) is 0 Å². The van der Waals surface area contributed by atoms with Crippen LogP contribution in [0.15, 0.2) is 24.7 Å². The van der Waals surface area contributed by atoms with Gasteiger partial charge in [0.05, 0.1) is 18.1 Å². The molecule has 0 aliphatic carbocycles. The lowest BCUT2D eigenvalue weighted by Crippen LogP contribution is -2.14. The Kier molecular flexibility index (Phi) is 3.52. The Morgan fingerprint density at radius 2 is 2.00 bits per heavy atom. The average Bonchev–Trinajstić information content (AvgIpc) is 2.84. The summed E-state index contributed by atoms with van der Waals surface area (Å²) in [6, 6.07) is 2.61. The molecular formula is C13H11F3N2O2. The average molecular weight is 284 g/mol. The number of H-pyrrole nitrogens is 1. The summed E-state index contributed by atoms with van der Waals surface area (Å²) in [5.41, 5.74) is -0.757. The first-order chi connectivity index (χ1) is 9.30. The fraction of sp³-hybridized carbons (Fsp3) is 0.231. The number of ether oxygens (including phenoxy) is 1. The van der Waals surface area contributed by atoms with Gasteiger partial charge in [-0.25, -0.2) is 9.78 Å². The number of nitrogens with one attached hydrogen (secondary N) is 1. The fourth-order valence-corrected chi connectivity index (χ4v) is 1.90. The zero-order valence-electron chi connectivity index (χ0n) is 10.7. The zero-order valence-corrected chi connectivity index (χ0v) is 10.7. The van der Waals surface area contributed by atoms with Crippen LogP contribution in [0.2, 0.25) is 0 Å². The van der Waals surface area contributed by atoms with Gasteiger partial charge in [0.15, 0.2) is 0 Å². The number of esters is 1. The van der Waals surface area contributed by atoms with E-state index in [2.05, 4.69) is 9.97 Å². The largest absolute Gasteiger partial charge is 0.422 e. The Balaban J connectivity index is 2.37. The molecule has 0 radical (unpaired) electrons. The normalized spacial score (nSPS) is 11.4. The summed E-state index contributed by atoms with van der Waals surface area (Å²) in [5, 5.41) is 0. The Hall–Kier alpha value is -2.31. The van der Waals surface area contributed by atoms with Crippen LogP contribution in [0.25, 0.3) is 0 Å². The van der Waals surface area contributed by atoms with Gasteiger partial charge in [0.1, 0.15) is 11.4 Å².